The first-order valence-electron chi connectivity index (χ1n) is 18.2. The number of sulfonamides is 2. The van der Waals surface area contributed by atoms with Gasteiger partial charge in [-0.25, -0.2) is 26.3 Å². The van der Waals surface area contributed by atoms with Crippen LogP contribution in [0.2, 0.25) is 0 Å². The minimum Gasteiger partial charge on any atom is -0.389 e. The molecule has 0 spiro atoms. The van der Waals surface area contributed by atoms with Crippen LogP contribution in [0.5, 0.6) is 0 Å². The van der Waals surface area contributed by atoms with Crippen molar-refractivity contribution in [3.05, 3.63) is 59.7 Å². The molecule has 0 unspecified atom stereocenters. The monoisotopic (exact) mass is 816 g/mol. The molecule has 308 valence electrons. The minimum absolute atomic E-state index is 0.0776. The van der Waals surface area contributed by atoms with Crippen LogP contribution in [0.15, 0.2) is 58.3 Å². The van der Waals surface area contributed by atoms with Crippen LogP contribution in [0, 0.1) is 13.8 Å². The Morgan fingerprint density at radius 1 is 0.600 bits per heavy atom. The number of hydrogen-bond donors (Lipinski definition) is 4. The fraction of sp³-hybridized carbons (Fsp3) is 0.667. The zero-order valence-electron chi connectivity index (χ0n) is 31.7. The van der Waals surface area contributed by atoms with Crippen LogP contribution in [-0.4, -0.2) is 140 Å². The van der Waals surface area contributed by atoms with Crippen LogP contribution >= 0.6 is 0 Å². The molecule has 4 fully saturated rings. The molecule has 0 amide bonds. The van der Waals surface area contributed by atoms with E-state index < -0.39 is 93.0 Å². The third kappa shape index (κ3) is 10.3. The fourth-order valence-electron chi connectivity index (χ4n) is 6.84. The molecule has 19 heteroatoms. The van der Waals surface area contributed by atoms with Gasteiger partial charge in [0.2, 0.25) is 20.0 Å². The van der Waals surface area contributed by atoms with E-state index in [1.165, 1.54) is 24.3 Å². The maximum absolute atomic E-state index is 12.8. The van der Waals surface area contributed by atoms with E-state index in [9.17, 15) is 27.0 Å². The predicted octanol–water partition coefficient (Wildman–Crippen LogP) is 0.822. The van der Waals surface area contributed by atoms with Gasteiger partial charge in [0.15, 0.2) is 24.2 Å². The number of rotatable bonds is 18. The topological polar surface area (TPSA) is 216 Å². The number of nitrogens with one attached hydrogen (secondary N) is 2. The second-order valence-electron chi connectivity index (χ2n) is 14.9. The Kier molecular flexibility index (Phi) is 13.1. The van der Waals surface area contributed by atoms with E-state index in [2.05, 4.69) is 9.44 Å². The molecule has 4 N–H and O–H groups in total. The molecule has 4 aliphatic heterocycles. The van der Waals surface area contributed by atoms with Crippen molar-refractivity contribution in [3.8, 4) is 0 Å². The van der Waals surface area contributed by atoms with Gasteiger partial charge in [-0.05, 0) is 65.8 Å². The average Bonchev–Trinajstić information content (AvgIpc) is 3.82. The number of ether oxygens (including phenoxy) is 9. The molecule has 55 heavy (non-hydrogen) atoms. The maximum Gasteiger partial charge on any atom is 0.240 e. The lowest BCUT2D eigenvalue weighted by atomic mass is 10.1. The molecule has 0 radical (unpaired) electrons. The summed E-state index contributed by atoms with van der Waals surface area (Å²) in [6, 6.07) is 12.7. The van der Waals surface area contributed by atoms with E-state index in [1.807, 2.05) is 13.8 Å². The summed E-state index contributed by atoms with van der Waals surface area (Å²) in [4.78, 5) is 0.155. The molecule has 4 aliphatic rings. The largest absolute Gasteiger partial charge is 0.389 e. The molecule has 2 aromatic rings. The highest BCUT2D eigenvalue weighted by atomic mass is 32.2. The van der Waals surface area contributed by atoms with E-state index in [-0.39, 0.29) is 49.3 Å². The lowest BCUT2D eigenvalue weighted by Crippen LogP contribution is -2.45. The summed E-state index contributed by atoms with van der Waals surface area (Å²) in [6.45, 7) is 10.4. The standard InChI is InChI=1S/C36H52N2O15S2/c1-21-7-11-23(12-8-21)54(41,42)37-19-25(39)27-29-31(52-35(3,4)50-29)33(48-27)46-17-15-45-16-18-47-34-32-30(51-36(5,6)53-32)28(49-34)26(40)20-38-55(43,44)24-13-9-22(2)10-14-24/h7-14,25-34,37-40H,15-20H2,1-6H3/t25-,26-,27-,28-,29+,30+,31+,32+,33+,34+/m1/s1. The highest BCUT2D eigenvalue weighted by Gasteiger charge is 2.59. The Labute approximate surface area is 321 Å². The van der Waals surface area contributed by atoms with Gasteiger partial charge in [0.1, 0.15) is 36.6 Å². The summed E-state index contributed by atoms with van der Waals surface area (Å²) < 4.78 is 109. The molecule has 17 nitrogen and oxygen atoms in total. The van der Waals surface area contributed by atoms with Crippen molar-refractivity contribution < 1.29 is 69.7 Å². The first-order valence-corrected chi connectivity index (χ1v) is 21.1. The number of aliphatic hydroxyl groups is 2. The average molecular weight is 817 g/mol. The Morgan fingerprint density at radius 3 is 1.31 bits per heavy atom. The summed E-state index contributed by atoms with van der Waals surface area (Å²) >= 11 is 0. The first-order chi connectivity index (χ1) is 25.8. The second kappa shape index (κ2) is 17.0. The van der Waals surface area contributed by atoms with Gasteiger partial charge in [-0.1, -0.05) is 35.4 Å². The van der Waals surface area contributed by atoms with Crippen molar-refractivity contribution in [2.24, 2.45) is 0 Å². The minimum atomic E-state index is -3.87. The third-order valence-electron chi connectivity index (χ3n) is 9.50. The van der Waals surface area contributed by atoms with Crippen LogP contribution in [0.3, 0.4) is 0 Å². The van der Waals surface area contributed by atoms with Crippen molar-refractivity contribution in [1.29, 1.82) is 0 Å². The van der Waals surface area contributed by atoms with Gasteiger partial charge >= 0.3 is 0 Å². The number of fused-ring (bicyclic) bond motifs is 2. The Hall–Kier alpha value is -2.18. The van der Waals surface area contributed by atoms with Crippen molar-refractivity contribution >= 4 is 20.0 Å². The van der Waals surface area contributed by atoms with Crippen LogP contribution in [0.25, 0.3) is 0 Å². The quantitative estimate of drug-likeness (QED) is 0.153. The number of aryl methyl sites for hydroxylation is 2. The molecule has 4 saturated heterocycles. The highest BCUT2D eigenvalue weighted by Crippen LogP contribution is 2.41. The van der Waals surface area contributed by atoms with Gasteiger partial charge in [0.05, 0.1) is 48.4 Å². The zero-order chi connectivity index (χ0) is 39.8. The molecule has 4 heterocycles. The third-order valence-corrected chi connectivity index (χ3v) is 12.4. The van der Waals surface area contributed by atoms with E-state index in [1.54, 1.807) is 52.0 Å². The van der Waals surface area contributed by atoms with Crippen molar-refractivity contribution in [2.45, 2.75) is 124 Å². The zero-order valence-corrected chi connectivity index (χ0v) is 33.3. The van der Waals surface area contributed by atoms with Gasteiger partial charge < -0.3 is 52.8 Å². The lowest BCUT2D eigenvalue weighted by molar-refractivity contribution is -0.247. The Bertz CT molecular complexity index is 1680. The van der Waals surface area contributed by atoms with Gasteiger partial charge in [-0.2, -0.15) is 0 Å². The number of aliphatic hydroxyl groups excluding tert-OH is 2. The summed E-state index contributed by atoms with van der Waals surface area (Å²) in [7, 11) is -7.75. The molecule has 0 saturated carbocycles. The molecular weight excluding hydrogens is 765 g/mol. The van der Waals surface area contributed by atoms with Gasteiger partial charge in [-0.15, -0.1) is 0 Å². The van der Waals surface area contributed by atoms with E-state index in [0.717, 1.165) is 11.1 Å². The highest BCUT2D eigenvalue weighted by molar-refractivity contribution is 7.89. The lowest BCUT2D eigenvalue weighted by Gasteiger charge is -2.26. The fourth-order valence-corrected chi connectivity index (χ4v) is 8.95. The van der Waals surface area contributed by atoms with Crippen LogP contribution in [0.4, 0.5) is 0 Å². The van der Waals surface area contributed by atoms with Gasteiger partial charge in [-0.3, -0.25) is 0 Å². The van der Waals surface area contributed by atoms with Crippen molar-refractivity contribution in [3.63, 3.8) is 0 Å². The van der Waals surface area contributed by atoms with Crippen molar-refractivity contribution in [2.75, 3.05) is 39.5 Å². The smallest absolute Gasteiger partial charge is 0.240 e. The number of benzene rings is 2. The molecule has 0 aliphatic carbocycles. The molecule has 0 aromatic heterocycles. The molecule has 0 bridgehead atoms. The number of hydrogen-bond acceptors (Lipinski definition) is 15. The predicted molar refractivity (Wildman–Crippen MR) is 192 cm³/mol. The van der Waals surface area contributed by atoms with Crippen molar-refractivity contribution in [1.82, 2.24) is 9.44 Å². The van der Waals surface area contributed by atoms with Crippen LogP contribution in [0.1, 0.15) is 38.8 Å². The van der Waals surface area contributed by atoms with Gasteiger partial charge in [0, 0.05) is 13.1 Å². The SMILES string of the molecule is Cc1ccc(S(=O)(=O)NC[C@@H](O)[C@H]2O[C@H](OCCOCCO[C@H]3O[C@H]([C@H](O)CNS(=O)(=O)c4ccc(C)cc4)[C@@H]4OC(C)(C)O[C@H]34)[C@H]3OC(C)(C)O[C@H]32)cc1. The molecule has 6 rings (SSSR count). The molecule has 2 aromatic carbocycles. The van der Waals surface area contributed by atoms with Gasteiger partial charge in [0.25, 0.3) is 0 Å². The first kappa shape index (κ1) is 42.4. The Balaban J connectivity index is 0.938. The van der Waals surface area contributed by atoms with E-state index in [4.69, 9.17) is 42.6 Å². The summed E-state index contributed by atoms with van der Waals surface area (Å²) in [5, 5.41) is 22.0. The Morgan fingerprint density at radius 2 is 0.945 bits per heavy atom. The van der Waals surface area contributed by atoms with Crippen LogP contribution in [-0.2, 0) is 62.7 Å². The summed E-state index contributed by atoms with van der Waals surface area (Å²) in [5.74, 6) is -1.97. The summed E-state index contributed by atoms with van der Waals surface area (Å²) in [5.41, 5.74) is 1.83. The van der Waals surface area contributed by atoms with Crippen LogP contribution < -0.4 is 9.44 Å². The molecule has 10 atom stereocenters. The summed E-state index contributed by atoms with van der Waals surface area (Å²) in [6.07, 6.45) is -9.06. The second-order valence-corrected chi connectivity index (χ2v) is 18.4. The molecular formula is C36H52N2O15S2. The van der Waals surface area contributed by atoms with E-state index >= 15 is 0 Å². The van der Waals surface area contributed by atoms with E-state index in [0.29, 0.717) is 0 Å². The maximum atomic E-state index is 12.8. The normalized spacial score (nSPS) is 31.0.